The van der Waals surface area contributed by atoms with Crippen LogP contribution in [0, 0.1) is 0 Å². The van der Waals surface area contributed by atoms with Gasteiger partial charge in [-0.15, -0.1) is 0 Å². The molecule has 2 N–H and O–H groups in total. The van der Waals surface area contributed by atoms with E-state index in [1.165, 1.54) is 5.56 Å². The SMILES string of the molecule is COc1ccc(OC)c(C(C)c2ccc(N)cc2)c1. The summed E-state index contributed by atoms with van der Waals surface area (Å²) in [7, 11) is 3.35. The molecule has 0 aliphatic carbocycles. The van der Waals surface area contributed by atoms with Gasteiger partial charge in [0.2, 0.25) is 0 Å². The molecular formula is C16H19NO2. The highest BCUT2D eigenvalue weighted by Crippen LogP contribution is 2.34. The smallest absolute Gasteiger partial charge is 0.122 e. The maximum absolute atomic E-state index is 5.72. The van der Waals surface area contributed by atoms with E-state index in [9.17, 15) is 0 Å². The molecule has 2 aromatic carbocycles. The highest BCUT2D eigenvalue weighted by atomic mass is 16.5. The van der Waals surface area contributed by atoms with E-state index in [0.29, 0.717) is 0 Å². The molecule has 0 radical (unpaired) electrons. The summed E-state index contributed by atoms with van der Waals surface area (Å²) in [6.07, 6.45) is 0. The summed E-state index contributed by atoms with van der Waals surface area (Å²) in [5, 5.41) is 0. The summed E-state index contributed by atoms with van der Waals surface area (Å²) in [6.45, 7) is 2.14. The number of anilines is 1. The maximum atomic E-state index is 5.72. The van der Waals surface area contributed by atoms with Crippen molar-refractivity contribution in [1.82, 2.24) is 0 Å². The second kappa shape index (κ2) is 5.65. The lowest BCUT2D eigenvalue weighted by atomic mass is 9.92. The van der Waals surface area contributed by atoms with Gasteiger partial charge in [-0.2, -0.15) is 0 Å². The molecule has 0 saturated carbocycles. The van der Waals surface area contributed by atoms with Crippen molar-refractivity contribution in [3.05, 3.63) is 53.6 Å². The molecule has 0 spiro atoms. The Morgan fingerprint density at radius 1 is 0.947 bits per heavy atom. The highest BCUT2D eigenvalue weighted by Gasteiger charge is 2.14. The van der Waals surface area contributed by atoms with Crippen molar-refractivity contribution in [3.8, 4) is 11.5 Å². The number of nitrogen functional groups attached to an aromatic ring is 1. The van der Waals surface area contributed by atoms with Crippen molar-refractivity contribution in [3.63, 3.8) is 0 Å². The van der Waals surface area contributed by atoms with Crippen LogP contribution in [0.3, 0.4) is 0 Å². The molecular weight excluding hydrogens is 238 g/mol. The third kappa shape index (κ3) is 2.81. The van der Waals surface area contributed by atoms with E-state index in [0.717, 1.165) is 22.7 Å². The Bertz CT molecular complexity index is 549. The predicted molar refractivity (Wildman–Crippen MR) is 77.9 cm³/mol. The van der Waals surface area contributed by atoms with Gasteiger partial charge in [-0.05, 0) is 35.9 Å². The Morgan fingerprint density at radius 3 is 2.21 bits per heavy atom. The Balaban J connectivity index is 2.41. The highest BCUT2D eigenvalue weighted by molar-refractivity contribution is 5.48. The fraction of sp³-hybridized carbons (Fsp3) is 0.250. The van der Waals surface area contributed by atoms with Crippen LogP contribution < -0.4 is 15.2 Å². The van der Waals surface area contributed by atoms with Gasteiger partial charge in [0.05, 0.1) is 14.2 Å². The summed E-state index contributed by atoms with van der Waals surface area (Å²) < 4.78 is 10.7. The van der Waals surface area contributed by atoms with Crippen LogP contribution >= 0.6 is 0 Å². The van der Waals surface area contributed by atoms with Gasteiger partial charge in [0.1, 0.15) is 11.5 Å². The molecule has 0 aromatic heterocycles. The normalized spacial score (nSPS) is 11.9. The lowest BCUT2D eigenvalue weighted by Crippen LogP contribution is -2.00. The van der Waals surface area contributed by atoms with Crippen LogP contribution in [-0.2, 0) is 0 Å². The van der Waals surface area contributed by atoms with Gasteiger partial charge in [-0.1, -0.05) is 19.1 Å². The first-order valence-corrected chi connectivity index (χ1v) is 6.23. The van der Waals surface area contributed by atoms with Crippen LogP contribution in [0.2, 0.25) is 0 Å². The Kier molecular flexibility index (Phi) is 3.95. The molecule has 19 heavy (non-hydrogen) atoms. The summed E-state index contributed by atoms with van der Waals surface area (Å²) in [5.74, 6) is 1.91. The number of benzene rings is 2. The number of nitrogens with two attached hydrogens (primary N) is 1. The van der Waals surface area contributed by atoms with Crippen LogP contribution in [0.4, 0.5) is 5.69 Å². The number of hydrogen-bond donors (Lipinski definition) is 1. The average molecular weight is 257 g/mol. The number of methoxy groups -OCH3 is 2. The summed E-state index contributed by atoms with van der Waals surface area (Å²) in [6, 6.07) is 13.8. The lowest BCUT2D eigenvalue weighted by Gasteiger charge is -2.17. The molecule has 2 aromatic rings. The van der Waals surface area contributed by atoms with E-state index in [1.807, 2.05) is 42.5 Å². The molecule has 0 heterocycles. The van der Waals surface area contributed by atoms with E-state index in [4.69, 9.17) is 15.2 Å². The van der Waals surface area contributed by atoms with Crippen LogP contribution in [0.5, 0.6) is 11.5 Å². The molecule has 100 valence electrons. The minimum Gasteiger partial charge on any atom is -0.497 e. The predicted octanol–water partition coefficient (Wildman–Crippen LogP) is 3.44. The topological polar surface area (TPSA) is 44.5 Å². The van der Waals surface area contributed by atoms with Crippen molar-refractivity contribution in [1.29, 1.82) is 0 Å². The van der Waals surface area contributed by atoms with Gasteiger partial charge in [0.25, 0.3) is 0 Å². The first-order valence-electron chi connectivity index (χ1n) is 6.23. The molecule has 1 atom stereocenters. The van der Waals surface area contributed by atoms with E-state index >= 15 is 0 Å². The fourth-order valence-electron chi connectivity index (χ4n) is 2.14. The fourth-order valence-corrected chi connectivity index (χ4v) is 2.14. The minimum atomic E-state index is 0.214. The summed E-state index contributed by atoms with van der Waals surface area (Å²) >= 11 is 0. The first-order chi connectivity index (χ1) is 9.15. The summed E-state index contributed by atoms with van der Waals surface area (Å²) in [4.78, 5) is 0. The zero-order valence-electron chi connectivity index (χ0n) is 11.5. The molecule has 1 unspecified atom stereocenters. The quantitative estimate of drug-likeness (QED) is 0.853. The van der Waals surface area contributed by atoms with Crippen LogP contribution in [-0.4, -0.2) is 14.2 Å². The van der Waals surface area contributed by atoms with Crippen molar-refractivity contribution >= 4 is 5.69 Å². The molecule has 0 bridgehead atoms. The zero-order valence-corrected chi connectivity index (χ0v) is 11.5. The van der Waals surface area contributed by atoms with Crippen molar-refractivity contribution in [2.45, 2.75) is 12.8 Å². The van der Waals surface area contributed by atoms with E-state index in [1.54, 1.807) is 14.2 Å². The monoisotopic (exact) mass is 257 g/mol. The second-order valence-corrected chi connectivity index (χ2v) is 4.50. The van der Waals surface area contributed by atoms with Gasteiger partial charge >= 0.3 is 0 Å². The molecule has 0 aliphatic rings. The Hall–Kier alpha value is -2.16. The molecule has 0 saturated heterocycles. The molecule has 0 amide bonds. The molecule has 3 heteroatoms. The molecule has 3 nitrogen and oxygen atoms in total. The molecule has 0 fully saturated rings. The number of hydrogen-bond acceptors (Lipinski definition) is 3. The van der Waals surface area contributed by atoms with Crippen molar-refractivity contribution in [2.24, 2.45) is 0 Å². The lowest BCUT2D eigenvalue weighted by molar-refractivity contribution is 0.397. The van der Waals surface area contributed by atoms with Crippen LogP contribution in [0.1, 0.15) is 24.0 Å². The van der Waals surface area contributed by atoms with E-state index < -0.39 is 0 Å². The number of ether oxygens (including phenoxy) is 2. The van der Waals surface area contributed by atoms with Gasteiger partial charge < -0.3 is 15.2 Å². The molecule has 2 rings (SSSR count). The Labute approximate surface area is 114 Å². The van der Waals surface area contributed by atoms with Crippen LogP contribution in [0.15, 0.2) is 42.5 Å². The van der Waals surface area contributed by atoms with Gasteiger partial charge in [0, 0.05) is 17.2 Å². The maximum Gasteiger partial charge on any atom is 0.122 e. The largest absolute Gasteiger partial charge is 0.497 e. The standard InChI is InChI=1S/C16H19NO2/c1-11(12-4-6-13(17)7-5-12)15-10-14(18-2)8-9-16(15)19-3/h4-11H,17H2,1-3H3. The van der Waals surface area contributed by atoms with Gasteiger partial charge in [-0.3, -0.25) is 0 Å². The van der Waals surface area contributed by atoms with Crippen LogP contribution in [0.25, 0.3) is 0 Å². The van der Waals surface area contributed by atoms with Crippen molar-refractivity contribution in [2.75, 3.05) is 20.0 Å². The van der Waals surface area contributed by atoms with Crippen molar-refractivity contribution < 1.29 is 9.47 Å². The third-order valence-electron chi connectivity index (χ3n) is 3.34. The van der Waals surface area contributed by atoms with Gasteiger partial charge in [-0.25, -0.2) is 0 Å². The molecule has 0 aliphatic heterocycles. The average Bonchev–Trinajstić information content (AvgIpc) is 2.46. The second-order valence-electron chi connectivity index (χ2n) is 4.50. The van der Waals surface area contributed by atoms with E-state index in [2.05, 4.69) is 6.92 Å². The zero-order chi connectivity index (χ0) is 13.8. The minimum absolute atomic E-state index is 0.214. The first kappa shape index (κ1) is 13.3. The number of rotatable bonds is 4. The van der Waals surface area contributed by atoms with Gasteiger partial charge in [0.15, 0.2) is 0 Å². The third-order valence-corrected chi connectivity index (χ3v) is 3.34. The van der Waals surface area contributed by atoms with E-state index in [-0.39, 0.29) is 5.92 Å². The summed E-state index contributed by atoms with van der Waals surface area (Å²) in [5.41, 5.74) is 8.79. The Morgan fingerprint density at radius 2 is 1.63 bits per heavy atom.